The molecule has 0 saturated heterocycles. The third-order valence-corrected chi connectivity index (χ3v) is 3.50. The number of nitrogens with zero attached hydrogens (tertiary/aromatic N) is 1. The van der Waals surface area contributed by atoms with Crippen LogP contribution < -0.4 is 15.8 Å². The minimum absolute atomic E-state index is 0. The van der Waals surface area contributed by atoms with E-state index in [-0.39, 0.29) is 23.8 Å². The molecule has 0 atom stereocenters. The summed E-state index contributed by atoms with van der Waals surface area (Å²) in [6.45, 7) is 7.49. The molecule has 0 aromatic heterocycles. The van der Waals surface area contributed by atoms with Gasteiger partial charge in [0.15, 0.2) is 0 Å². The van der Waals surface area contributed by atoms with Crippen LogP contribution in [-0.2, 0) is 0 Å². The van der Waals surface area contributed by atoms with Gasteiger partial charge in [-0.25, -0.2) is 0 Å². The van der Waals surface area contributed by atoms with Crippen LogP contribution in [0.3, 0.4) is 0 Å². The van der Waals surface area contributed by atoms with E-state index in [1.54, 1.807) is 6.07 Å². The van der Waals surface area contributed by atoms with Crippen LogP contribution >= 0.6 is 24.0 Å². The first-order valence-electron chi connectivity index (χ1n) is 6.67. The number of hydrogen-bond donors (Lipinski definition) is 2. The first-order valence-corrected chi connectivity index (χ1v) is 7.04. The Bertz CT molecular complexity index is 469. The minimum Gasteiger partial charge on any atom is -0.496 e. The standard InChI is InChI=1S/C14H22ClN3O2.ClH.H2O/c1-4-18(5-2)7-6-17-14(19)10-8-11(15)12(16)9-13(10)20-3;;/h8-9H,4-7,16H2,1-3H3,(H,17,19);1H;1H2. The number of likely N-dealkylation sites (N-methyl/N-ethyl adjacent to an activating group) is 1. The van der Waals surface area contributed by atoms with Crippen LogP contribution in [0.2, 0.25) is 5.02 Å². The first-order chi connectivity index (χ1) is 9.53. The number of anilines is 1. The molecular weight excluding hydrogens is 329 g/mol. The first kappa shape index (κ1) is 23.1. The quantitative estimate of drug-likeness (QED) is 0.727. The number of nitrogens with one attached hydrogen (secondary N) is 1. The van der Waals surface area contributed by atoms with E-state index in [1.165, 1.54) is 13.2 Å². The molecule has 0 aliphatic heterocycles. The number of rotatable bonds is 7. The number of hydrogen-bond acceptors (Lipinski definition) is 4. The number of methoxy groups -OCH3 is 1. The Morgan fingerprint density at radius 3 is 2.45 bits per heavy atom. The fraction of sp³-hybridized carbons (Fsp3) is 0.500. The molecule has 0 bridgehead atoms. The molecule has 5 N–H and O–H groups in total. The fourth-order valence-electron chi connectivity index (χ4n) is 1.88. The molecule has 8 heteroatoms. The molecule has 0 radical (unpaired) electrons. The smallest absolute Gasteiger partial charge is 0.255 e. The number of carbonyl (C=O) groups is 1. The highest BCUT2D eigenvalue weighted by Crippen LogP contribution is 2.28. The summed E-state index contributed by atoms with van der Waals surface area (Å²) in [5.41, 5.74) is 6.48. The summed E-state index contributed by atoms with van der Waals surface area (Å²) >= 11 is 5.95. The highest BCUT2D eigenvalue weighted by molar-refractivity contribution is 6.33. The zero-order valence-corrected chi connectivity index (χ0v) is 14.7. The van der Waals surface area contributed by atoms with Gasteiger partial charge in [0.05, 0.1) is 23.4 Å². The van der Waals surface area contributed by atoms with Gasteiger partial charge in [0.25, 0.3) is 5.91 Å². The number of carbonyl (C=O) groups excluding carboxylic acids is 1. The predicted molar refractivity (Wildman–Crippen MR) is 93.4 cm³/mol. The largest absolute Gasteiger partial charge is 0.496 e. The van der Waals surface area contributed by atoms with Crippen molar-refractivity contribution in [2.75, 3.05) is 39.0 Å². The molecule has 1 rings (SSSR count). The van der Waals surface area contributed by atoms with Crippen molar-refractivity contribution in [1.29, 1.82) is 0 Å². The van der Waals surface area contributed by atoms with Crippen molar-refractivity contribution in [3.8, 4) is 5.75 Å². The normalized spacial score (nSPS) is 9.68. The molecule has 22 heavy (non-hydrogen) atoms. The Balaban J connectivity index is 0. The van der Waals surface area contributed by atoms with Crippen molar-refractivity contribution in [1.82, 2.24) is 10.2 Å². The van der Waals surface area contributed by atoms with Crippen molar-refractivity contribution < 1.29 is 15.0 Å². The molecule has 0 unspecified atom stereocenters. The third kappa shape index (κ3) is 6.27. The van der Waals surface area contributed by atoms with Crippen LogP contribution in [0.25, 0.3) is 0 Å². The molecule has 6 nitrogen and oxygen atoms in total. The molecular formula is C14H25Cl2N3O3. The highest BCUT2D eigenvalue weighted by atomic mass is 35.5. The number of benzene rings is 1. The minimum atomic E-state index is -0.212. The average Bonchev–Trinajstić information content (AvgIpc) is 2.45. The lowest BCUT2D eigenvalue weighted by molar-refractivity contribution is 0.0946. The maximum absolute atomic E-state index is 12.1. The van der Waals surface area contributed by atoms with E-state index in [4.69, 9.17) is 22.1 Å². The Morgan fingerprint density at radius 2 is 1.95 bits per heavy atom. The predicted octanol–water partition coefficient (Wildman–Crippen LogP) is 1.60. The highest BCUT2D eigenvalue weighted by Gasteiger charge is 2.14. The topological polar surface area (TPSA) is 99.1 Å². The van der Waals surface area contributed by atoms with Gasteiger partial charge in [0, 0.05) is 19.2 Å². The zero-order valence-electron chi connectivity index (χ0n) is 13.1. The summed E-state index contributed by atoms with van der Waals surface area (Å²) in [5, 5.41) is 3.21. The third-order valence-electron chi connectivity index (χ3n) is 3.17. The lowest BCUT2D eigenvalue weighted by Crippen LogP contribution is -2.34. The SMILES string of the molecule is CCN(CC)CCNC(=O)c1cc(Cl)c(N)cc1OC.Cl.O. The lowest BCUT2D eigenvalue weighted by Gasteiger charge is -2.18. The molecule has 0 heterocycles. The van der Waals surface area contributed by atoms with Gasteiger partial charge in [-0.3, -0.25) is 4.79 Å². The Hall–Kier alpha value is -1.21. The second-order valence-corrected chi connectivity index (χ2v) is 4.76. The second-order valence-electron chi connectivity index (χ2n) is 4.36. The number of halogens is 2. The van der Waals surface area contributed by atoms with Crippen molar-refractivity contribution in [3.05, 3.63) is 22.7 Å². The number of ether oxygens (including phenoxy) is 1. The molecule has 0 fully saturated rings. The van der Waals surface area contributed by atoms with Gasteiger partial charge in [-0.2, -0.15) is 0 Å². The lowest BCUT2D eigenvalue weighted by atomic mass is 10.1. The summed E-state index contributed by atoms with van der Waals surface area (Å²) in [4.78, 5) is 14.4. The number of amides is 1. The van der Waals surface area contributed by atoms with Crippen LogP contribution in [-0.4, -0.2) is 49.6 Å². The van der Waals surface area contributed by atoms with Gasteiger partial charge in [0.1, 0.15) is 5.75 Å². The number of nitrogen functional groups attached to an aromatic ring is 1. The summed E-state index contributed by atoms with van der Waals surface area (Å²) in [5.74, 6) is 0.211. The fourth-order valence-corrected chi connectivity index (χ4v) is 2.04. The zero-order chi connectivity index (χ0) is 15.1. The number of nitrogens with two attached hydrogens (primary N) is 1. The Kier molecular flexibility index (Phi) is 11.9. The van der Waals surface area contributed by atoms with E-state index in [1.807, 2.05) is 0 Å². The average molecular weight is 354 g/mol. The van der Waals surface area contributed by atoms with E-state index in [2.05, 4.69) is 24.1 Å². The maximum Gasteiger partial charge on any atom is 0.255 e. The second kappa shape index (κ2) is 11.4. The molecule has 0 spiro atoms. The van der Waals surface area contributed by atoms with Crippen molar-refractivity contribution in [2.24, 2.45) is 0 Å². The molecule has 128 valence electrons. The van der Waals surface area contributed by atoms with E-state index in [9.17, 15) is 4.79 Å². The van der Waals surface area contributed by atoms with Crippen LogP contribution in [0.15, 0.2) is 12.1 Å². The van der Waals surface area contributed by atoms with E-state index in [0.29, 0.717) is 28.6 Å². The van der Waals surface area contributed by atoms with Gasteiger partial charge >= 0.3 is 0 Å². The summed E-state index contributed by atoms with van der Waals surface area (Å²) in [7, 11) is 1.50. The monoisotopic (exact) mass is 353 g/mol. The van der Waals surface area contributed by atoms with Gasteiger partial charge in [-0.1, -0.05) is 25.4 Å². The van der Waals surface area contributed by atoms with E-state index < -0.39 is 0 Å². The van der Waals surface area contributed by atoms with Gasteiger partial charge < -0.3 is 26.2 Å². The van der Waals surface area contributed by atoms with Gasteiger partial charge in [0.2, 0.25) is 0 Å². The summed E-state index contributed by atoms with van der Waals surface area (Å²) in [6, 6.07) is 3.09. The molecule has 0 aliphatic carbocycles. The molecule has 1 amide bonds. The molecule has 0 saturated carbocycles. The van der Waals surface area contributed by atoms with Crippen LogP contribution in [0.1, 0.15) is 24.2 Å². The van der Waals surface area contributed by atoms with Crippen LogP contribution in [0, 0.1) is 0 Å². The maximum atomic E-state index is 12.1. The van der Waals surface area contributed by atoms with Crippen LogP contribution in [0.4, 0.5) is 5.69 Å². The Labute approximate surface area is 142 Å². The van der Waals surface area contributed by atoms with Crippen molar-refractivity contribution in [3.63, 3.8) is 0 Å². The molecule has 0 aliphatic rings. The summed E-state index contributed by atoms with van der Waals surface area (Å²) in [6.07, 6.45) is 0. The molecule has 1 aromatic rings. The van der Waals surface area contributed by atoms with Crippen LogP contribution in [0.5, 0.6) is 5.75 Å². The van der Waals surface area contributed by atoms with E-state index >= 15 is 0 Å². The van der Waals surface area contributed by atoms with Gasteiger partial charge in [-0.05, 0) is 19.2 Å². The van der Waals surface area contributed by atoms with E-state index in [0.717, 1.165) is 19.6 Å². The van der Waals surface area contributed by atoms with Crippen molar-refractivity contribution in [2.45, 2.75) is 13.8 Å². The summed E-state index contributed by atoms with van der Waals surface area (Å²) < 4.78 is 5.16. The Morgan fingerprint density at radius 1 is 1.36 bits per heavy atom. The van der Waals surface area contributed by atoms with Gasteiger partial charge in [-0.15, -0.1) is 12.4 Å². The molecule has 1 aromatic carbocycles. The van der Waals surface area contributed by atoms with Crippen molar-refractivity contribution >= 4 is 35.6 Å².